The number of hydrogen-bond donors (Lipinski definition) is 1. The number of morpholine rings is 1. The van der Waals surface area contributed by atoms with Crippen molar-refractivity contribution in [2.45, 2.75) is 12.5 Å². The number of methoxy groups -OCH3 is 1. The molecule has 1 saturated heterocycles. The largest absolute Gasteiger partial charge is 0.497 e. The van der Waals surface area contributed by atoms with Crippen molar-refractivity contribution < 1.29 is 14.3 Å². The quantitative estimate of drug-likeness (QED) is 0.824. The van der Waals surface area contributed by atoms with Crippen LogP contribution in [0.4, 0.5) is 0 Å². The minimum Gasteiger partial charge on any atom is -0.497 e. The Kier molecular flexibility index (Phi) is 6.44. The van der Waals surface area contributed by atoms with Gasteiger partial charge in [-0.3, -0.25) is 9.69 Å². The first-order valence-corrected chi connectivity index (χ1v) is 9.39. The zero-order chi connectivity index (χ0) is 17.5. The van der Waals surface area contributed by atoms with Gasteiger partial charge in [-0.05, 0) is 29.1 Å². The molecule has 1 atom stereocenters. The van der Waals surface area contributed by atoms with E-state index < -0.39 is 0 Å². The van der Waals surface area contributed by atoms with Crippen LogP contribution in [-0.4, -0.2) is 50.8 Å². The standard InChI is InChI=1S/C19H24N2O3S/c1-23-16-5-2-4-15(12-16)18(21-7-9-24-10-8-21)14-20-19(22)13-17-6-3-11-25-17/h2-6,11-12,18H,7-10,13-14H2,1H3,(H,20,22). The maximum absolute atomic E-state index is 12.3. The van der Waals surface area contributed by atoms with Crippen molar-refractivity contribution in [2.75, 3.05) is 40.0 Å². The molecule has 6 heteroatoms. The molecule has 25 heavy (non-hydrogen) atoms. The van der Waals surface area contributed by atoms with Crippen LogP contribution >= 0.6 is 11.3 Å². The van der Waals surface area contributed by atoms with Crippen LogP contribution in [-0.2, 0) is 16.0 Å². The average molecular weight is 360 g/mol. The van der Waals surface area contributed by atoms with Crippen LogP contribution in [0.15, 0.2) is 41.8 Å². The maximum atomic E-state index is 12.3. The number of thiophene rings is 1. The molecule has 2 heterocycles. The monoisotopic (exact) mass is 360 g/mol. The van der Waals surface area contributed by atoms with Gasteiger partial charge in [-0.25, -0.2) is 0 Å². The summed E-state index contributed by atoms with van der Waals surface area (Å²) in [6, 6.07) is 12.2. The zero-order valence-corrected chi connectivity index (χ0v) is 15.3. The van der Waals surface area contributed by atoms with Crippen molar-refractivity contribution in [3.8, 4) is 5.75 Å². The highest BCUT2D eigenvalue weighted by Gasteiger charge is 2.23. The molecule has 0 spiro atoms. The minimum atomic E-state index is 0.0589. The molecule has 0 bridgehead atoms. The molecule has 0 radical (unpaired) electrons. The lowest BCUT2D eigenvalue weighted by molar-refractivity contribution is -0.120. The molecular weight excluding hydrogens is 336 g/mol. The number of carbonyl (C=O) groups is 1. The van der Waals surface area contributed by atoms with E-state index in [1.165, 1.54) is 0 Å². The highest BCUT2D eigenvalue weighted by Crippen LogP contribution is 2.25. The summed E-state index contributed by atoms with van der Waals surface area (Å²) in [6.07, 6.45) is 0.436. The zero-order valence-electron chi connectivity index (χ0n) is 14.4. The van der Waals surface area contributed by atoms with Crippen molar-refractivity contribution in [2.24, 2.45) is 0 Å². The summed E-state index contributed by atoms with van der Waals surface area (Å²) < 4.78 is 10.8. The molecule has 1 aliphatic heterocycles. The predicted molar refractivity (Wildman–Crippen MR) is 99.2 cm³/mol. The second-order valence-corrected chi connectivity index (χ2v) is 7.03. The fraction of sp³-hybridized carbons (Fsp3) is 0.421. The average Bonchev–Trinajstić information content (AvgIpc) is 3.16. The Bertz CT molecular complexity index is 669. The molecule has 1 amide bonds. The Morgan fingerprint density at radius 3 is 2.88 bits per heavy atom. The molecule has 1 aliphatic rings. The van der Waals surface area contributed by atoms with Gasteiger partial charge in [0.2, 0.25) is 5.91 Å². The molecule has 134 valence electrons. The Morgan fingerprint density at radius 2 is 2.16 bits per heavy atom. The number of nitrogens with zero attached hydrogens (tertiary/aromatic N) is 1. The fourth-order valence-corrected chi connectivity index (χ4v) is 3.74. The lowest BCUT2D eigenvalue weighted by Crippen LogP contribution is -2.44. The molecule has 0 aliphatic carbocycles. The molecule has 1 aromatic carbocycles. The third-order valence-electron chi connectivity index (χ3n) is 4.37. The predicted octanol–water partition coefficient (Wildman–Crippen LogP) is 2.49. The number of ether oxygens (including phenoxy) is 2. The van der Waals surface area contributed by atoms with E-state index in [1.807, 2.05) is 35.7 Å². The maximum Gasteiger partial charge on any atom is 0.225 e. The summed E-state index contributed by atoms with van der Waals surface area (Å²) in [5, 5.41) is 5.09. The number of hydrogen-bond acceptors (Lipinski definition) is 5. The molecule has 5 nitrogen and oxygen atoms in total. The number of nitrogens with one attached hydrogen (secondary N) is 1. The first-order valence-electron chi connectivity index (χ1n) is 8.51. The van der Waals surface area contributed by atoms with Gasteiger partial charge in [-0.1, -0.05) is 18.2 Å². The van der Waals surface area contributed by atoms with Gasteiger partial charge in [0, 0.05) is 24.5 Å². The molecule has 2 aromatic rings. The summed E-state index contributed by atoms with van der Waals surface area (Å²) in [4.78, 5) is 15.7. The van der Waals surface area contributed by atoms with Crippen LogP contribution in [0.5, 0.6) is 5.75 Å². The highest BCUT2D eigenvalue weighted by molar-refractivity contribution is 7.10. The molecular formula is C19H24N2O3S. The summed E-state index contributed by atoms with van der Waals surface area (Å²) in [6.45, 7) is 3.76. The van der Waals surface area contributed by atoms with Crippen LogP contribution in [0.3, 0.4) is 0 Å². The van der Waals surface area contributed by atoms with Crippen molar-refractivity contribution >= 4 is 17.2 Å². The Balaban J connectivity index is 1.68. The number of benzene rings is 1. The summed E-state index contributed by atoms with van der Waals surface area (Å²) in [5.41, 5.74) is 1.15. The van der Waals surface area contributed by atoms with Crippen LogP contribution in [0.25, 0.3) is 0 Å². The lowest BCUT2D eigenvalue weighted by atomic mass is 10.0. The van der Waals surface area contributed by atoms with Crippen LogP contribution in [0.1, 0.15) is 16.5 Å². The SMILES string of the molecule is COc1cccc(C(CNC(=O)Cc2cccs2)N2CCOCC2)c1. The molecule has 1 N–H and O–H groups in total. The van der Waals surface area contributed by atoms with E-state index >= 15 is 0 Å². The van der Waals surface area contributed by atoms with E-state index in [-0.39, 0.29) is 11.9 Å². The molecule has 1 aromatic heterocycles. The van der Waals surface area contributed by atoms with E-state index in [1.54, 1.807) is 18.4 Å². The molecule has 1 fully saturated rings. The van der Waals surface area contributed by atoms with Gasteiger partial charge in [0.05, 0.1) is 32.8 Å². The van der Waals surface area contributed by atoms with Gasteiger partial charge in [0.15, 0.2) is 0 Å². The summed E-state index contributed by atoms with van der Waals surface area (Å²) in [7, 11) is 1.67. The van der Waals surface area contributed by atoms with E-state index in [0.29, 0.717) is 13.0 Å². The number of carbonyl (C=O) groups excluding carboxylic acids is 1. The third-order valence-corrected chi connectivity index (χ3v) is 5.25. The lowest BCUT2D eigenvalue weighted by Gasteiger charge is -2.35. The highest BCUT2D eigenvalue weighted by atomic mass is 32.1. The van der Waals surface area contributed by atoms with Gasteiger partial charge in [0.1, 0.15) is 5.75 Å². The van der Waals surface area contributed by atoms with Crippen LogP contribution in [0.2, 0.25) is 0 Å². The van der Waals surface area contributed by atoms with Crippen LogP contribution < -0.4 is 10.1 Å². The normalized spacial score (nSPS) is 16.4. The van der Waals surface area contributed by atoms with Gasteiger partial charge in [-0.2, -0.15) is 0 Å². The van der Waals surface area contributed by atoms with Crippen LogP contribution in [0, 0.1) is 0 Å². The smallest absolute Gasteiger partial charge is 0.225 e. The van der Waals surface area contributed by atoms with Gasteiger partial charge in [0.25, 0.3) is 0 Å². The third kappa shape index (κ3) is 5.04. The van der Waals surface area contributed by atoms with E-state index in [2.05, 4.69) is 16.3 Å². The van der Waals surface area contributed by atoms with Gasteiger partial charge < -0.3 is 14.8 Å². The number of amides is 1. The van der Waals surface area contributed by atoms with E-state index in [9.17, 15) is 4.79 Å². The summed E-state index contributed by atoms with van der Waals surface area (Å²) >= 11 is 1.61. The van der Waals surface area contributed by atoms with Gasteiger partial charge >= 0.3 is 0 Å². The first kappa shape index (κ1) is 17.9. The number of rotatable bonds is 7. The molecule has 3 rings (SSSR count). The summed E-state index contributed by atoms with van der Waals surface area (Å²) in [5.74, 6) is 0.893. The van der Waals surface area contributed by atoms with Crippen molar-refractivity contribution in [3.63, 3.8) is 0 Å². The van der Waals surface area contributed by atoms with E-state index in [4.69, 9.17) is 9.47 Å². The Labute approximate surface area is 152 Å². The van der Waals surface area contributed by atoms with Crippen molar-refractivity contribution in [3.05, 3.63) is 52.2 Å². The second-order valence-electron chi connectivity index (χ2n) is 6.00. The van der Waals surface area contributed by atoms with Crippen molar-refractivity contribution in [1.82, 2.24) is 10.2 Å². The second kappa shape index (κ2) is 8.99. The topological polar surface area (TPSA) is 50.8 Å². The Hall–Kier alpha value is -1.89. The van der Waals surface area contributed by atoms with Gasteiger partial charge in [-0.15, -0.1) is 11.3 Å². The minimum absolute atomic E-state index is 0.0589. The molecule has 1 unspecified atom stereocenters. The fourth-order valence-electron chi connectivity index (χ4n) is 3.04. The van der Waals surface area contributed by atoms with E-state index in [0.717, 1.165) is 42.5 Å². The van der Waals surface area contributed by atoms with Crippen molar-refractivity contribution in [1.29, 1.82) is 0 Å². The molecule has 0 saturated carbocycles. The first-order chi connectivity index (χ1) is 12.3. The Morgan fingerprint density at radius 1 is 1.32 bits per heavy atom.